The minimum Gasteiger partial charge on any atom is -0.335 e. The van der Waals surface area contributed by atoms with Crippen molar-refractivity contribution in [2.75, 3.05) is 43.4 Å². The van der Waals surface area contributed by atoms with Crippen LogP contribution >= 0.6 is 22.9 Å². The molecule has 3 rings (SSSR count). The minimum absolute atomic E-state index is 0.00760. The van der Waals surface area contributed by atoms with E-state index in [-0.39, 0.29) is 24.0 Å². The van der Waals surface area contributed by atoms with Crippen LogP contribution in [0, 0.1) is 0 Å². The lowest BCUT2D eigenvalue weighted by atomic mass is 10.2. The summed E-state index contributed by atoms with van der Waals surface area (Å²) in [6.45, 7) is 3.06. The number of thiophene rings is 1. The van der Waals surface area contributed by atoms with Crippen LogP contribution in [0.4, 0.5) is 23.9 Å². The third kappa shape index (κ3) is 6.21. The quantitative estimate of drug-likeness (QED) is 0.671. The number of piperazine rings is 1. The zero-order chi connectivity index (χ0) is 23.5. The zero-order valence-corrected chi connectivity index (χ0v) is 18.5. The summed E-state index contributed by atoms with van der Waals surface area (Å²) < 4.78 is 38.9. The van der Waals surface area contributed by atoms with Crippen LogP contribution in [0.25, 0.3) is 0 Å². The number of carbonyl (C=O) groups is 3. The number of hydrogen-bond donors (Lipinski definition) is 2. The summed E-state index contributed by atoms with van der Waals surface area (Å²) >= 11 is 6.78. The van der Waals surface area contributed by atoms with Crippen LogP contribution in [-0.2, 0) is 15.8 Å². The highest BCUT2D eigenvalue weighted by Gasteiger charge is 2.33. The van der Waals surface area contributed by atoms with Gasteiger partial charge in [0.25, 0.3) is 5.91 Å². The average Bonchev–Trinajstić information content (AvgIpc) is 3.16. The van der Waals surface area contributed by atoms with Crippen molar-refractivity contribution in [2.45, 2.75) is 13.1 Å². The molecule has 7 nitrogen and oxygen atoms in total. The van der Waals surface area contributed by atoms with Gasteiger partial charge in [0.05, 0.1) is 27.0 Å². The Morgan fingerprint density at radius 3 is 2.38 bits per heavy atom. The van der Waals surface area contributed by atoms with E-state index in [4.69, 9.17) is 11.6 Å². The number of nitrogens with zero attached hydrogens (tertiary/aromatic N) is 2. The predicted octanol–water partition coefficient (Wildman–Crippen LogP) is 3.78. The molecule has 2 N–H and O–H groups in total. The van der Waals surface area contributed by atoms with E-state index in [1.54, 1.807) is 17.0 Å². The van der Waals surface area contributed by atoms with Crippen LogP contribution in [0.3, 0.4) is 0 Å². The number of carbonyl (C=O) groups excluding carboxylic acids is 3. The SMILES string of the molecule is CC(=O)Nc1ccc(C(=O)N2CCN(CC(=O)Nc3ccc(Cl)c(C(F)(F)F)c3)CC2)s1. The zero-order valence-electron chi connectivity index (χ0n) is 17.0. The smallest absolute Gasteiger partial charge is 0.335 e. The van der Waals surface area contributed by atoms with Crippen LogP contribution in [-0.4, -0.2) is 60.2 Å². The molecule has 172 valence electrons. The second-order valence-corrected chi connectivity index (χ2v) is 8.64. The molecule has 1 fully saturated rings. The number of rotatable bonds is 5. The molecule has 2 aromatic rings. The first-order valence-corrected chi connectivity index (χ1v) is 10.8. The van der Waals surface area contributed by atoms with Crippen LogP contribution in [0.1, 0.15) is 22.2 Å². The Morgan fingerprint density at radius 1 is 1.06 bits per heavy atom. The third-order valence-corrected chi connectivity index (χ3v) is 6.02. The maximum Gasteiger partial charge on any atom is 0.417 e. The predicted molar refractivity (Wildman–Crippen MR) is 116 cm³/mol. The highest BCUT2D eigenvalue weighted by molar-refractivity contribution is 7.18. The second kappa shape index (κ2) is 9.88. The number of benzene rings is 1. The second-order valence-electron chi connectivity index (χ2n) is 7.15. The summed E-state index contributed by atoms with van der Waals surface area (Å²) in [5.41, 5.74) is -1.01. The van der Waals surface area contributed by atoms with E-state index in [1.807, 2.05) is 4.90 Å². The molecule has 0 saturated carbocycles. The lowest BCUT2D eigenvalue weighted by Gasteiger charge is -2.34. The van der Waals surface area contributed by atoms with Gasteiger partial charge in [-0.1, -0.05) is 11.6 Å². The maximum absolute atomic E-state index is 13.0. The molecule has 3 amide bonds. The molecular weight excluding hydrogens is 469 g/mol. The Balaban J connectivity index is 1.50. The number of amides is 3. The van der Waals surface area contributed by atoms with Gasteiger partial charge in [-0.05, 0) is 30.3 Å². The standard InChI is InChI=1S/C20H20ClF3N4O3S/c1-12(29)25-18-5-4-16(32-18)19(31)28-8-6-27(7-9-28)11-17(30)26-13-2-3-15(21)14(10-13)20(22,23)24/h2-5,10H,6-9,11H2,1H3,(H,25,29)(H,26,30). The molecule has 32 heavy (non-hydrogen) atoms. The minimum atomic E-state index is -4.62. The van der Waals surface area contributed by atoms with E-state index >= 15 is 0 Å². The van der Waals surface area contributed by atoms with Gasteiger partial charge in [0.2, 0.25) is 11.8 Å². The van der Waals surface area contributed by atoms with Crippen molar-refractivity contribution in [3.8, 4) is 0 Å². The first-order valence-electron chi connectivity index (χ1n) is 9.58. The normalized spacial score (nSPS) is 14.8. The van der Waals surface area contributed by atoms with Gasteiger partial charge in [-0.3, -0.25) is 19.3 Å². The van der Waals surface area contributed by atoms with E-state index in [0.29, 0.717) is 36.1 Å². The van der Waals surface area contributed by atoms with Crippen molar-refractivity contribution in [3.05, 3.63) is 45.8 Å². The summed E-state index contributed by atoms with van der Waals surface area (Å²) in [5, 5.41) is 5.24. The Kier molecular flexibility index (Phi) is 7.42. The summed E-state index contributed by atoms with van der Waals surface area (Å²) in [6, 6.07) is 6.52. The Bertz CT molecular complexity index is 1020. The number of halogens is 4. The lowest BCUT2D eigenvalue weighted by molar-refractivity contribution is -0.137. The van der Waals surface area contributed by atoms with E-state index < -0.39 is 22.7 Å². The molecule has 12 heteroatoms. The van der Waals surface area contributed by atoms with Gasteiger partial charge in [-0.25, -0.2) is 0 Å². The topological polar surface area (TPSA) is 81.8 Å². The van der Waals surface area contributed by atoms with Gasteiger partial charge in [0, 0.05) is 38.8 Å². The van der Waals surface area contributed by atoms with Crippen LogP contribution in [0.5, 0.6) is 0 Å². The maximum atomic E-state index is 13.0. The lowest BCUT2D eigenvalue weighted by Crippen LogP contribution is -2.50. The van der Waals surface area contributed by atoms with Crippen molar-refractivity contribution >= 4 is 51.3 Å². The monoisotopic (exact) mass is 488 g/mol. The molecule has 2 heterocycles. The number of nitrogens with one attached hydrogen (secondary N) is 2. The van der Waals surface area contributed by atoms with E-state index in [9.17, 15) is 27.6 Å². The molecule has 0 atom stereocenters. The summed E-state index contributed by atoms with van der Waals surface area (Å²) in [6.07, 6.45) is -4.62. The fraction of sp³-hybridized carbons (Fsp3) is 0.350. The molecular formula is C20H20ClF3N4O3S. The van der Waals surface area contributed by atoms with Gasteiger partial charge in [-0.15, -0.1) is 11.3 Å². The van der Waals surface area contributed by atoms with Gasteiger partial charge in [-0.2, -0.15) is 13.2 Å². The first-order chi connectivity index (χ1) is 15.0. The fourth-order valence-corrected chi connectivity index (χ4v) is 4.33. The van der Waals surface area contributed by atoms with Crippen molar-refractivity contribution < 1.29 is 27.6 Å². The fourth-order valence-electron chi connectivity index (χ4n) is 3.18. The molecule has 1 aromatic heterocycles. The molecule has 1 aliphatic heterocycles. The molecule has 0 radical (unpaired) electrons. The van der Waals surface area contributed by atoms with E-state index in [2.05, 4.69) is 10.6 Å². The highest BCUT2D eigenvalue weighted by atomic mass is 35.5. The molecule has 0 unspecified atom stereocenters. The van der Waals surface area contributed by atoms with Gasteiger partial charge in [0.1, 0.15) is 0 Å². The molecule has 0 aliphatic carbocycles. The third-order valence-electron chi connectivity index (χ3n) is 4.70. The average molecular weight is 489 g/mol. The summed E-state index contributed by atoms with van der Waals surface area (Å²) in [4.78, 5) is 40.0. The summed E-state index contributed by atoms with van der Waals surface area (Å²) in [5.74, 6) is -0.832. The number of anilines is 2. The molecule has 1 saturated heterocycles. The van der Waals surface area contributed by atoms with Crippen LogP contribution in [0.15, 0.2) is 30.3 Å². The van der Waals surface area contributed by atoms with E-state index in [1.165, 1.54) is 24.3 Å². The number of alkyl halides is 3. The first kappa shape index (κ1) is 24.0. The van der Waals surface area contributed by atoms with E-state index in [0.717, 1.165) is 12.1 Å². The Morgan fingerprint density at radius 2 is 1.75 bits per heavy atom. The van der Waals surface area contributed by atoms with Crippen molar-refractivity contribution in [2.24, 2.45) is 0 Å². The number of hydrogen-bond acceptors (Lipinski definition) is 5. The molecule has 0 bridgehead atoms. The Hall–Kier alpha value is -2.63. The van der Waals surface area contributed by atoms with Crippen molar-refractivity contribution in [1.82, 2.24) is 9.80 Å². The van der Waals surface area contributed by atoms with Crippen molar-refractivity contribution in [1.29, 1.82) is 0 Å². The summed E-state index contributed by atoms with van der Waals surface area (Å²) in [7, 11) is 0. The molecule has 1 aromatic carbocycles. The van der Waals surface area contributed by atoms with Crippen LogP contribution < -0.4 is 10.6 Å². The van der Waals surface area contributed by atoms with Crippen LogP contribution in [0.2, 0.25) is 5.02 Å². The largest absolute Gasteiger partial charge is 0.417 e. The van der Waals surface area contributed by atoms with Gasteiger partial charge in [0.15, 0.2) is 0 Å². The van der Waals surface area contributed by atoms with Crippen molar-refractivity contribution in [3.63, 3.8) is 0 Å². The van der Waals surface area contributed by atoms with Gasteiger partial charge >= 0.3 is 6.18 Å². The van der Waals surface area contributed by atoms with Gasteiger partial charge < -0.3 is 15.5 Å². The molecule has 1 aliphatic rings. The Labute approximate surface area is 191 Å². The highest BCUT2D eigenvalue weighted by Crippen LogP contribution is 2.36. The molecule has 0 spiro atoms.